The van der Waals surface area contributed by atoms with E-state index in [2.05, 4.69) is 5.32 Å². The number of rotatable bonds is 3. The summed E-state index contributed by atoms with van der Waals surface area (Å²) in [5.74, 6) is -0.287. The van der Waals surface area contributed by atoms with E-state index in [1.165, 1.54) is 24.3 Å². The SMILES string of the molecule is Nc1cccc(NC(=O)c2ccc(B(O)O)cc2)c1. The fourth-order valence-electron chi connectivity index (χ4n) is 1.63. The first-order valence-electron chi connectivity index (χ1n) is 5.69. The highest BCUT2D eigenvalue weighted by Crippen LogP contribution is 2.13. The predicted molar refractivity (Wildman–Crippen MR) is 75.1 cm³/mol. The molecule has 0 fully saturated rings. The van der Waals surface area contributed by atoms with Gasteiger partial charge in [-0.15, -0.1) is 0 Å². The Bertz CT molecular complexity index is 585. The minimum atomic E-state index is -1.54. The van der Waals surface area contributed by atoms with E-state index in [1.807, 2.05) is 0 Å². The molecule has 0 atom stereocenters. The normalized spacial score (nSPS) is 10.0. The Kier molecular flexibility index (Phi) is 3.84. The Labute approximate surface area is 110 Å². The summed E-state index contributed by atoms with van der Waals surface area (Å²) in [6, 6.07) is 12.9. The van der Waals surface area contributed by atoms with Crippen LogP contribution >= 0.6 is 0 Å². The van der Waals surface area contributed by atoms with Crippen molar-refractivity contribution in [2.75, 3.05) is 11.1 Å². The van der Waals surface area contributed by atoms with E-state index >= 15 is 0 Å². The zero-order valence-corrected chi connectivity index (χ0v) is 10.1. The van der Waals surface area contributed by atoms with E-state index in [1.54, 1.807) is 24.3 Å². The number of anilines is 2. The molecule has 0 unspecified atom stereocenters. The lowest BCUT2D eigenvalue weighted by Crippen LogP contribution is -2.29. The van der Waals surface area contributed by atoms with Crippen LogP contribution in [0.15, 0.2) is 48.5 Å². The van der Waals surface area contributed by atoms with E-state index in [0.29, 0.717) is 22.4 Å². The molecular formula is C13H13BN2O3. The number of amides is 1. The van der Waals surface area contributed by atoms with Gasteiger partial charge in [-0.25, -0.2) is 0 Å². The first-order chi connectivity index (χ1) is 9.06. The van der Waals surface area contributed by atoms with E-state index in [9.17, 15) is 4.79 Å². The van der Waals surface area contributed by atoms with Crippen molar-refractivity contribution in [2.45, 2.75) is 0 Å². The summed E-state index contributed by atoms with van der Waals surface area (Å²) >= 11 is 0. The van der Waals surface area contributed by atoms with Crippen molar-refractivity contribution in [3.8, 4) is 0 Å². The molecule has 0 aliphatic rings. The number of hydrogen-bond donors (Lipinski definition) is 4. The maximum Gasteiger partial charge on any atom is 0.488 e. The molecule has 0 radical (unpaired) electrons. The van der Waals surface area contributed by atoms with Gasteiger partial charge in [-0.2, -0.15) is 0 Å². The molecule has 2 aromatic carbocycles. The van der Waals surface area contributed by atoms with Crippen molar-refractivity contribution in [1.29, 1.82) is 0 Å². The third kappa shape index (κ3) is 3.34. The minimum absolute atomic E-state index is 0.287. The monoisotopic (exact) mass is 256 g/mol. The zero-order chi connectivity index (χ0) is 13.8. The van der Waals surface area contributed by atoms with Crippen LogP contribution in [0, 0.1) is 0 Å². The topological polar surface area (TPSA) is 95.6 Å². The van der Waals surface area contributed by atoms with Crippen LogP contribution < -0.4 is 16.5 Å². The first-order valence-corrected chi connectivity index (χ1v) is 5.69. The summed E-state index contributed by atoms with van der Waals surface area (Å²) in [4.78, 5) is 11.9. The molecule has 19 heavy (non-hydrogen) atoms. The van der Waals surface area contributed by atoms with Crippen molar-refractivity contribution in [2.24, 2.45) is 0 Å². The second kappa shape index (κ2) is 5.56. The largest absolute Gasteiger partial charge is 0.488 e. The van der Waals surface area contributed by atoms with Crippen molar-refractivity contribution in [3.05, 3.63) is 54.1 Å². The smallest absolute Gasteiger partial charge is 0.423 e. The fraction of sp³-hybridized carbons (Fsp3) is 0. The average Bonchev–Trinajstić information content (AvgIpc) is 2.39. The van der Waals surface area contributed by atoms with Gasteiger partial charge in [0.25, 0.3) is 5.91 Å². The molecule has 6 heteroatoms. The number of carbonyl (C=O) groups is 1. The standard InChI is InChI=1S/C13H13BN2O3/c15-11-2-1-3-12(8-11)16-13(17)9-4-6-10(7-5-9)14(18)19/h1-8,18-19H,15H2,(H,16,17). The van der Waals surface area contributed by atoms with Crippen LogP contribution in [0.25, 0.3) is 0 Å². The molecule has 2 aromatic rings. The molecule has 0 aromatic heterocycles. The minimum Gasteiger partial charge on any atom is -0.423 e. The van der Waals surface area contributed by atoms with Crippen LogP contribution in [0.2, 0.25) is 0 Å². The van der Waals surface area contributed by atoms with Crippen molar-refractivity contribution in [1.82, 2.24) is 0 Å². The predicted octanol–water partition coefficient (Wildman–Crippen LogP) is 0.201. The van der Waals surface area contributed by atoms with Gasteiger partial charge in [0.1, 0.15) is 0 Å². The lowest BCUT2D eigenvalue weighted by molar-refractivity contribution is 0.102. The fourth-order valence-corrected chi connectivity index (χ4v) is 1.63. The van der Waals surface area contributed by atoms with Gasteiger partial charge >= 0.3 is 7.12 Å². The number of hydrogen-bond acceptors (Lipinski definition) is 4. The number of nitrogens with two attached hydrogens (primary N) is 1. The van der Waals surface area contributed by atoms with Crippen molar-refractivity contribution in [3.63, 3.8) is 0 Å². The molecule has 0 saturated heterocycles. The molecule has 96 valence electrons. The second-order valence-electron chi connectivity index (χ2n) is 4.08. The van der Waals surface area contributed by atoms with Crippen LogP contribution in [-0.4, -0.2) is 23.1 Å². The summed E-state index contributed by atoms with van der Waals surface area (Å²) in [7, 11) is -1.54. The lowest BCUT2D eigenvalue weighted by atomic mass is 9.80. The van der Waals surface area contributed by atoms with E-state index in [0.717, 1.165) is 0 Å². The van der Waals surface area contributed by atoms with Crippen LogP contribution in [0.3, 0.4) is 0 Å². The van der Waals surface area contributed by atoms with Gasteiger partial charge in [-0.3, -0.25) is 4.79 Å². The Hall–Kier alpha value is -2.31. The molecular weight excluding hydrogens is 243 g/mol. The summed E-state index contributed by atoms with van der Waals surface area (Å²) in [5, 5.41) is 20.6. The third-order valence-corrected chi connectivity index (χ3v) is 2.62. The molecule has 0 bridgehead atoms. The Balaban J connectivity index is 2.11. The lowest BCUT2D eigenvalue weighted by Gasteiger charge is -2.06. The molecule has 2 rings (SSSR count). The summed E-state index contributed by atoms with van der Waals surface area (Å²) < 4.78 is 0. The Morgan fingerprint density at radius 2 is 1.79 bits per heavy atom. The maximum atomic E-state index is 11.9. The van der Waals surface area contributed by atoms with Crippen molar-refractivity contribution >= 4 is 29.9 Å². The van der Waals surface area contributed by atoms with Gasteiger partial charge in [-0.05, 0) is 35.8 Å². The highest BCUT2D eigenvalue weighted by atomic mass is 16.4. The molecule has 5 nitrogen and oxygen atoms in total. The number of nitrogen functional groups attached to an aromatic ring is 1. The average molecular weight is 256 g/mol. The number of nitrogens with one attached hydrogen (secondary N) is 1. The molecule has 0 heterocycles. The van der Waals surface area contributed by atoms with Gasteiger partial charge < -0.3 is 21.1 Å². The number of benzene rings is 2. The van der Waals surface area contributed by atoms with Gasteiger partial charge in [0.15, 0.2) is 0 Å². The van der Waals surface area contributed by atoms with E-state index in [4.69, 9.17) is 15.8 Å². The quantitative estimate of drug-likeness (QED) is 0.466. The molecule has 1 amide bonds. The Morgan fingerprint density at radius 1 is 1.11 bits per heavy atom. The van der Waals surface area contributed by atoms with Crippen LogP contribution in [0.1, 0.15) is 10.4 Å². The second-order valence-corrected chi connectivity index (χ2v) is 4.08. The van der Waals surface area contributed by atoms with Crippen LogP contribution in [0.4, 0.5) is 11.4 Å². The van der Waals surface area contributed by atoms with Gasteiger partial charge in [0.05, 0.1) is 0 Å². The molecule has 0 aliphatic heterocycles. The van der Waals surface area contributed by atoms with E-state index in [-0.39, 0.29) is 5.91 Å². The molecule has 0 aliphatic carbocycles. The first kappa shape index (κ1) is 13.1. The molecule has 0 spiro atoms. The zero-order valence-electron chi connectivity index (χ0n) is 10.1. The van der Waals surface area contributed by atoms with Crippen molar-refractivity contribution < 1.29 is 14.8 Å². The third-order valence-electron chi connectivity index (χ3n) is 2.62. The highest BCUT2D eigenvalue weighted by Gasteiger charge is 2.12. The molecule has 5 N–H and O–H groups in total. The molecule has 0 saturated carbocycles. The Morgan fingerprint density at radius 3 is 2.37 bits per heavy atom. The summed E-state index contributed by atoms with van der Waals surface area (Å²) in [6.45, 7) is 0. The van der Waals surface area contributed by atoms with Gasteiger partial charge in [0, 0.05) is 16.9 Å². The maximum absolute atomic E-state index is 11.9. The van der Waals surface area contributed by atoms with E-state index < -0.39 is 7.12 Å². The van der Waals surface area contributed by atoms with Gasteiger partial charge in [-0.1, -0.05) is 18.2 Å². The van der Waals surface area contributed by atoms with Crippen LogP contribution in [-0.2, 0) is 0 Å². The van der Waals surface area contributed by atoms with Gasteiger partial charge in [0.2, 0.25) is 0 Å². The van der Waals surface area contributed by atoms with Crippen LogP contribution in [0.5, 0.6) is 0 Å². The summed E-state index contributed by atoms with van der Waals surface area (Å²) in [5.41, 5.74) is 7.55. The highest BCUT2D eigenvalue weighted by molar-refractivity contribution is 6.58. The summed E-state index contributed by atoms with van der Waals surface area (Å²) in [6.07, 6.45) is 0. The number of carbonyl (C=O) groups excluding carboxylic acids is 1.